The summed E-state index contributed by atoms with van der Waals surface area (Å²) in [5.41, 5.74) is 1.95. The van der Waals surface area contributed by atoms with Crippen LogP contribution in [0.3, 0.4) is 0 Å². The van der Waals surface area contributed by atoms with Crippen molar-refractivity contribution in [2.45, 2.75) is 20.4 Å². The van der Waals surface area contributed by atoms with Gasteiger partial charge in [0.25, 0.3) is 11.8 Å². The first-order valence-corrected chi connectivity index (χ1v) is 10.6. The molecule has 0 saturated carbocycles. The Morgan fingerprint density at radius 1 is 1.00 bits per heavy atom. The number of carbonyl (C=O) groups is 2. The van der Waals surface area contributed by atoms with Crippen LogP contribution in [0.15, 0.2) is 59.5 Å². The van der Waals surface area contributed by atoms with E-state index in [1.165, 1.54) is 16.7 Å². The quantitative estimate of drug-likeness (QED) is 0.637. The fraction of sp³-hybridized carbons (Fsp3) is 0.304. The van der Waals surface area contributed by atoms with Gasteiger partial charge in [-0.3, -0.25) is 14.5 Å². The molecule has 0 atom stereocenters. The number of ether oxygens (including phenoxy) is 1. The van der Waals surface area contributed by atoms with Gasteiger partial charge in [-0.1, -0.05) is 56.3 Å². The molecule has 5 nitrogen and oxygen atoms in total. The van der Waals surface area contributed by atoms with Crippen LogP contribution in [0.4, 0.5) is 0 Å². The van der Waals surface area contributed by atoms with Crippen molar-refractivity contribution in [2.24, 2.45) is 5.92 Å². The van der Waals surface area contributed by atoms with Crippen molar-refractivity contribution in [3.05, 3.63) is 70.6 Å². The highest BCUT2D eigenvalue weighted by Gasteiger charge is 2.39. The van der Waals surface area contributed by atoms with Crippen molar-refractivity contribution in [3.8, 4) is 5.75 Å². The van der Waals surface area contributed by atoms with Gasteiger partial charge in [0.15, 0.2) is 0 Å². The Morgan fingerprint density at radius 2 is 1.69 bits per heavy atom. The van der Waals surface area contributed by atoms with Crippen molar-refractivity contribution in [3.63, 3.8) is 0 Å². The van der Waals surface area contributed by atoms with Crippen LogP contribution in [-0.2, 0) is 16.1 Å². The van der Waals surface area contributed by atoms with Gasteiger partial charge in [-0.2, -0.15) is 0 Å². The second-order valence-corrected chi connectivity index (χ2v) is 8.29. The second-order valence-electron chi connectivity index (χ2n) is 7.19. The molecule has 2 aromatic carbocycles. The van der Waals surface area contributed by atoms with Gasteiger partial charge in [0.1, 0.15) is 5.75 Å². The highest BCUT2D eigenvalue weighted by atomic mass is 32.2. The summed E-state index contributed by atoms with van der Waals surface area (Å²) in [5, 5.41) is 9.21. The molecule has 1 aliphatic heterocycles. The lowest BCUT2D eigenvalue weighted by Gasteiger charge is -2.15. The Labute approximate surface area is 175 Å². The molecule has 0 saturated heterocycles. The number of hydrogen-bond donors (Lipinski definition) is 1. The van der Waals surface area contributed by atoms with Crippen molar-refractivity contribution >= 4 is 29.1 Å². The number of hydrogen-bond acceptors (Lipinski definition) is 5. The summed E-state index contributed by atoms with van der Waals surface area (Å²) < 4.78 is 5.71. The van der Waals surface area contributed by atoms with Crippen molar-refractivity contribution in [1.29, 1.82) is 0 Å². The number of aliphatic hydroxyl groups excluding tert-OH is 1. The maximum Gasteiger partial charge on any atom is 0.268 e. The number of aliphatic hydroxyl groups is 1. The van der Waals surface area contributed by atoms with E-state index >= 15 is 0 Å². The third-order valence-corrected chi connectivity index (χ3v) is 5.43. The molecule has 2 amide bonds. The Balaban J connectivity index is 1.87. The minimum atomic E-state index is -0.313. The summed E-state index contributed by atoms with van der Waals surface area (Å²) in [7, 11) is 0. The number of nitrogens with zero attached hydrogens (tertiary/aromatic N) is 1. The van der Waals surface area contributed by atoms with E-state index < -0.39 is 0 Å². The first-order valence-electron chi connectivity index (χ1n) is 9.62. The zero-order valence-electron chi connectivity index (χ0n) is 16.6. The number of carbonyl (C=O) groups excluding carboxylic acids is 2. The summed E-state index contributed by atoms with van der Waals surface area (Å²) in [6, 6.07) is 16.7. The molecule has 1 N–H and O–H groups in total. The molecule has 2 aromatic rings. The summed E-state index contributed by atoms with van der Waals surface area (Å²) in [6.45, 7) is 4.92. The van der Waals surface area contributed by atoms with E-state index in [0.717, 1.165) is 11.3 Å². The Morgan fingerprint density at radius 3 is 2.31 bits per heavy atom. The molecule has 152 valence electrons. The molecule has 29 heavy (non-hydrogen) atoms. The number of imide groups is 1. The molecule has 3 rings (SSSR count). The van der Waals surface area contributed by atoms with Crippen molar-refractivity contribution in [2.75, 3.05) is 19.0 Å². The van der Waals surface area contributed by atoms with Crippen LogP contribution in [0.2, 0.25) is 0 Å². The average Bonchev–Trinajstić information content (AvgIpc) is 2.96. The third-order valence-electron chi connectivity index (χ3n) is 4.37. The van der Waals surface area contributed by atoms with Gasteiger partial charge in [-0.05, 0) is 29.2 Å². The van der Waals surface area contributed by atoms with E-state index in [2.05, 4.69) is 13.8 Å². The first-order chi connectivity index (χ1) is 14.0. The number of benzene rings is 2. The largest absolute Gasteiger partial charge is 0.493 e. The summed E-state index contributed by atoms with van der Waals surface area (Å²) >= 11 is 1.22. The maximum absolute atomic E-state index is 13.1. The molecule has 0 aliphatic carbocycles. The predicted molar refractivity (Wildman–Crippen MR) is 115 cm³/mol. The van der Waals surface area contributed by atoms with Gasteiger partial charge in [-0.25, -0.2) is 0 Å². The molecule has 0 aromatic heterocycles. The van der Waals surface area contributed by atoms with E-state index in [1.807, 2.05) is 54.6 Å². The standard InChI is InChI=1S/C23H25NO4S/c1-16(2)15-28-19-10-8-18(9-11-19)20-21(29-13-12-25)23(27)24(22(20)26)14-17-6-4-3-5-7-17/h3-11,16,25H,12-15H2,1-2H3. The van der Waals surface area contributed by atoms with Gasteiger partial charge >= 0.3 is 0 Å². The van der Waals surface area contributed by atoms with E-state index in [4.69, 9.17) is 4.74 Å². The second kappa shape index (κ2) is 9.76. The lowest BCUT2D eigenvalue weighted by Crippen LogP contribution is -2.30. The van der Waals surface area contributed by atoms with Crippen LogP contribution in [-0.4, -0.2) is 40.8 Å². The molecule has 1 heterocycles. The zero-order valence-corrected chi connectivity index (χ0v) is 17.4. The average molecular weight is 412 g/mol. The fourth-order valence-electron chi connectivity index (χ4n) is 2.98. The monoisotopic (exact) mass is 411 g/mol. The zero-order chi connectivity index (χ0) is 20.8. The summed E-state index contributed by atoms with van der Waals surface area (Å²) in [6.07, 6.45) is 0. The Bertz CT molecular complexity index is 891. The molecule has 1 aliphatic rings. The highest BCUT2D eigenvalue weighted by molar-refractivity contribution is 8.04. The van der Waals surface area contributed by atoms with Crippen LogP contribution in [0.25, 0.3) is 5.57 Å². The van der Waals surface area contributed by atoms with Crippen LogP contribution < -0.4 is 4.74 Å². The van der Waals surface area contributed by atoms with Crippen LogP contribution in [0.5, 0.6) is 5.75 Å². The Kier molecular flexibility index (Phi) is 7.12. The lowest BCUT2D eigenvalue weighted by molar-refractivity contribution is -0.137. The van der Waals surface area contributed by atoms with Gasteiger partial charge < -0.3 is 9.84 Å². The minimum Gasteiger partial charge on any atom is -0.493 e. The SMILES string of the molecule is CC(C)COc1ccc(C2=C(SCCO)C(=O)N(Cc3ccccc3)C2=O)cc1. The molecule has 0 fully saturated rings. The molecule has 0 unspecified atom stereocenters. The van der Waals surface area contributed by atoms with E-state index in [9.17, 15) is 14.7 Å². The Hall–Kier alpha value is -2.57. The van der Waals surface area contributed by atoms with Crippen LogP contribution >= 0.6 is 11.8 Å². The van der Waals surface area contributed by atoms with Gasteiger partial charge in [0.05, 0.1) is 30.2 Å². The topological polar surface area (TPSA) is 66.8 Å². The van der Waals surface area contributed by atoms with E-state index in [0.29, 0.717) is 34.3 Å². The van der Waals surface area contributed by atoms with Crippen LogP contribution in [0, 0.1) is 5.92 Å². The normalized spacial score (nSPS) is 14.3. The van der Waals surface area contributed by atoms with Gasteiger partial charge in [0, 0.05) is 5.75 Å². The van der Waals surface area contributed by atoms with Crippen molar-refractivity contribution < 1.29 is 19.4 Å². The molecule has 0 radical (unpaired) electrons. The number of amides is 2. The minimum absolute atomic E-state index is 0.0659. The molecular formula is C23H25NO4S. The fourth-order valence-corrected chi connectivity index (χ4v) is 3.86. The predicted octanol–water partition coefficient (Wildman–Crippen LogP) is 3.73. The number of rotatable bonds is 9. The van der Waals surface area contributed by atoms with E-state index in [1.54, 1.807) is 0 Å². The summed E-state index contributed by atoms with van der Waals surface area (Å²) in [5.74, 6) is 0.875. The lowest BCUT2D eigenvalue weighted by atomic mass is 10.1. The van der Waals surface area contributed by atoms with Gasteiger partial charge in [0.2, 0.25) is 0 Å². The van der Waals surface area contributed by atoms with Crippen molar-refractivity contribution in [1.82, 2.24) is 4.90 Å². The molecule has 0 bridgehead atoms. The molecular weight excluding hydrogens is 386 g/mol. The smallest absolute Gasteiger partial charge is 0.268 e. The molecule has 0 spiro atoms. The molecule has 6 heteroatoms. The maximum atomic E-state index is 13.1. The third kappa shape index (κ3) is 5.08. The first kappa shape index (κ1) is 21.1. The highest BCUT2D eigenvalue weighted by Crippen LogP contribution is 2.37. The van der Waals surface area contributed by atoms with Gasteiger partial charge in [-0.15, -0.1) is 11.8 Å². The van der Waals surface area contributed by atoms with Crippen LogP contribution in [0.1, 0.15) is 25.0 Å². The summed E-state index contributed by atoms with van der Waals surface area (Å²) in [4.78, 5) is 27.8. The number of thioether (sulfide) groups is 1. The van der Waals surface area contributed by atoms with E-state index in [-0.39, 0.29) is 25.0 Å².